The molecular formula is C16H22N2O3. The number of carboxylic acid groups (broad SMARTS) is 1. The third kappa shape index (κ3) is 4.29. The van der Waals surface area contributed by atoms with Crippen LogP contribution >= 0.6 is 0 Å². The van der Waals surface area contributed by atoms with Crippen molar-refractivity contribution in [3.8, 4) is 0 Å². The molecule has 1 heterocycles. The molecule has 2 N–H and O–H groups in total. The standard InChI is InChI=1S/C16H22N2O3/c1-12(16(21)17-9-4-7-15(19)20)18-10-8-13-5-2-3-6-14(13)11-18/h2-3,5-6,12H,4,7-11H2,1H3,(H,17,21)(H,19,20). The number of nitrogens with zero attached hydrogens (tertiary/aromatic N) is 1. The number of rotatable bonds is 6. The predicted octanol–water partition coefficient (Wildman–Crippen LogP) is 1.41. The van der Waals surface area contributed by atoms with Gasteiger partial charge < -0.3 is 10.4 Å². The molecule has 1 atom stereocenters. The summed E-state index contributed by atoms with van der Waals surface area (Å²) in [6, 6.07) is 8.14. The van der Waals surface area contributed by atoms with Crippen LogP contribution in [-0.4, -0.2) is 41.0 Å². The van der Waals surface area contributed by atoms with E-state index in [0.29, 0.717) is 13.0 Å². The molecule has 0 aliphatic carbocycles. The number of amides is 1. The molecule has 0 radical (unpaired) electrons. The average molecular weight is 290 g/mol. The number of carboxylic acids is 1. The molecule has 1 aromatic rings. The summed E-state index contributed by atoms with van der Waals surface area (Å²) in [5, 5.41) is 11.4. The molecular weight excluding hydrogens is 268 g/mol. The molecule has 1 amide bonds. The van der Waals surface area contributed by atoms with Gasteiger partial charge in [-0.15, -0.1) is 0 Å². The van der Waals surface area contributed by atoms with Gasteiger partial charge in [-0.05, 0) is 30.9 Å². The Hall–Kier alpha value is -1.88. The molecule has 5 nitrogen and oxygen atoms in total. The van der Waals surface area contributed by atoms with Crippen molar-refractivity contribution in [3.05, 3.63) is 35.4 Å². The van der Waals surface area contributed by atoms with Crippen molar-refractivity contribution in [2.24, 2.45) is 0 Å². The normalized spacial score (nSPS) is 16.0. The zero-order valence-corrected chi connectivity index (χ0v) is 12.3. The van der Waals surface area contributed by atoms with Gasteiger partial charge in [0.15, 0.2) is 0 Å². The average Bonchev–Trinajstić information content (AvgIpc) is 2.50. The maximum absolute atomic E-state index is 12.1. The highest BCUT2D eigenvalue weighted by Crippen LogP contribution is 2.20. The Labute approximate surface area is 125 Å². The summed E-state index contributed by atoms with van der Waals surface area (Å²) in [6.45, 7) is 3.99. The lowest BCUT2D eigenvalue weighted by Crippen LogP contribution is -2.47. The quantitative estimate of drug-likeness (QED) is 0.777. The summed E-state index contributed by atoms with van der Waals surface area (Å²) in [4.78, 5) is 24.7. The lowest BCUT2D eigenvalue weighted by Gasteiger charge is -2.32. The topological polar surface area (TPSA) is 69.6 Å². The highest BCUT2D eigenvalue weighted by atomic mass is 16.4. The van der Waals surface area contributed by atoms with Gasteiger partial charge in [-0.3, -0.25) is 14.5 Å². The van der Waals surface area contributed by atoms with Crippen molar-refractivity contribution in [1.82, 2.24) is 10.2 Å². The van der Waals surface area contributed by atoms with Crippen LogP contribution in [0, 0.1) is 0 Å². The number of benzene rings is 1. The summed E-state index contributed by atoms with van der Waals surface area (Å²) in [5.41, 5.74) is 2.65. The first kappa shape index (κ1) is 15.5. The van der Waals surface area contributed by atoms with Crippen molar-refractivity contribution in [3.63, 3.8) is 0 Å². The molecule has 0 spiro atoms. The largest absolute Gasteiger partial charge is 0.481 e. The fraction of sp³-hybridized carbons (Fsp3) is 0.500. The van der Waals surface area contributed by atoms with Crippen molar-refractivity contribution in [1.29, 1.82) is 0 Å². The Bertz CT molecular complexity index is 516. The first-order valence-electron chi connectivity index (χ1n) is 7.38. The molecule has 0 bridgehead atoms. The minimum atomic E-state index is -0.829. The molecule has 0 aromatic heterocycles. The van der Waals surface area contributed by atoms with Gasteiger partial charge in [-0.25, -0.2) is 0 Å². The van der Waals surface area contributed by atoms with Crippen molar-refractivity contribution < 1.29 is 14.7 Å². The van der Waals surface area contributed by atoms with Crippen molar-refractivity contribution in [2.45, 2.75) is 38.8 Å². The number of aliphatic carboxylic acids is 1. The van der Waals surface area contributed by atoms with E-state index in [-0.39, 0.29) is 18.4 Å². The summed E-state index contributed by atoms with van der Waals surface area (Å²) in [5.74, 6) is -0.857. The zero-order chi connectivity index (χ0) is 15.2. The number of nitrogens with one attached hydrogen (secondary N) is 1. The van der Waals surface area contributed by atoms with Gasteiger partial charge in [0.25, 0.3) is 0 Å². The lowest BCUT2D eigenvalue weighted by molar-refractivity contribution is -0.137. The molecule has 1 aromatic carbocycles. The van der Waals surface area contributed by atoms with E-state index in [1.54, 1.807) is 0 Å². The molecule has 0 fully saturated rings. The third-order valence-electron chi connectivity index (χ3n) is 3.95. The summed E-state index contributed by atoms with van der Waals surface area (Å²) in [7, 11) is 0. The number of fused-ring (bicyclic) bond motifs is 1. The minimum absolute atomic E-state index is 0.0280. The number of carbonyl (C=O) groups excluding carboxylic acids is 1. The van der Waals surface area contributed by atoms with Crippen LogP contribution in [0.25, 0.3) is 0 Å². The summed E-state index contributed by atoms with van der Waals surface area (Å²) >= 11 is 0. The van der Waals surface area contributed by atoms with E-state index < -0.39 is 5.97 Å². The van der Waals surface area contributed by atoms with Gasteiger partial charge in [-0.1, -0.05) is 24.3 Å². The summed E-state index contributed by atoms with van der Waals surface area (Å²) < 4.78 is 0. The monoisotopic (exact) mass is 290 g/mol. The van der Waals surface area contributed by atoms with Crippen LogP contribution in [0.3, 0.4) is 0 Å². The van der Waals surface area contributed by atoms with Gasteiger partial charge in [-0.2, -0.15) is 0 Å². The van der Waals surface area contributed by atoms with Crippen LogP contribution in [-0.2, 0) is 22.6 Å². The van der Waals surface area contributed by atoms with Gasteiger partial charge in [0.05, 0.1) is 6.04 Å². The van der Waals surface area contributed by atoms with E-state index >= 15 is 0 Å². The highest BCUT2D eigenvalue weighted by molar-refractivity contribution is 5.81. The fourth-order valence-electron chi connectivity index (χ4n) is 2.61. The van der Waals surface area contributed by atoms with Crippen LogP contribution in [0.5, 0.6) is 0 Å². The summed E-state index contributed by atoms with van der Waals surface area (Å²) in [6.07, 6.45) is 1.52. The van der Waals surface area contributed by atoms with E-state index in [4.69, 9.17) is 5.11 Å². The molecule has 0 saturated carbocycles. The van der Waals surface area contributed by atoms with Gasteiger partial charge >= 0.3 is 5.97 Å². The van der Waals surface area contributed by atoms with E-state index in [1.165, 1.54) is 11.1 Å². The second-order valence-electron chi connectivity index (χ2n) is 5.45. The second-order valence-corrected chi connectivity index (χ2v) is 5.45. The number of hydrogen-bond donors (Lipinski definition) is 2. The van der Waals surface area contributed by atoms with E-state index in [2.05, 4.69) is 22.3 Å². The number of hydrogen-bond acceptors (Lipinski definition) is 3. The van der Waals surface area contributed by atoms with Gasteiger partial charge in [0, 0.05) is 26.1 Å². The predicted molar refractivity (Wildman–Crippen MR) is 79.9 cm³/mol. The van der Waals surface area contributed by atoms with Crippen LogP contribution in [0.4, 0.5) is 0 Å². The van der Waals surface area contributed by atoms with Crippen LogP contribution < -0.4 is 5.32 Å². The van der Waals surface area contributed by atoms with Crippen molar-refractivity contribution in [2.75, 3.05) is 13.1 Å². The Balaban J connectivity index is 1.82. The Morgan fingerprint density at radius 3 is 2.76 bits per heavy atom. The van der Waals surface area contributed by atoms with Crippen LogP contribution in [0.1, 0.15) is 30.9 Å². The third-order valence-corrected chi connectivity index (χ3v) is 3.95. The zero-order valence-electron chi connectivity index (χ0n) is 12.3. The number of carbonyl (C=O) groups is 2. The fourth-order valence-corrected chi connectivity index (χ4v) is 2.61. The highest BCUT2D eigenvalue weighted by Gasteiger charge is 2.24. The maximum Gasteiger partial charge on any atom is 0.303 e. The molecule has 5 heteroatoms. The Morgan fingerprint density at radius 2 is 2.05 bits per heavy atom. The van der Waals surface area contributed by atoms with E-state index in [0.717, 1.165) is 19.5 Å². The first-order chi connectivity index (χ1) is 10.1. The maximum atomic E-state index is 12.1. The Morgan fingerprint density at radius 1 is 1.33 bits per heavy atom. The van der Waals surface area contributed by atoms with Crippen molar-refractivity contribution >= 4 is 11.9 Å². The van der Waals surface area contributed by atoms with Crippen LogP contribution in [0.15, 0.2) is 24.3 Å². The van der Waals surface area contributed by atoms with E-state index in [1.807, 2.05) is 19.1 Å². The molecule has 2 rings (SSSR count). The smallest absolute Gasteiger partial charge is 0.303 e. The minimum Gasteiger partial charge on any atom is -0.481 e. The lowest BCUT2D eigenvalue weighted by atomic mass is 9.99. The molecule has 1 aliphatic heterocycles. The SMILES string of the molecule is CC(C(=O)NCCCC(=O)O)N1CCc2ccccc2C1. The van der Waals surface area contributed by atoms with Gasteiger partial charge in [0.1, 0.15) is 0 Å². The molecule has 1 unspecified atom stereocenters. The first-order valence-corrected chi connectivity index (χ1v) is 7.38. The molecule has 21 heavy (non-hydrogen) atoms. The van der Waals surface area contributed by atoms with Crippen LogP contribution in [0.2, 0.25) is 0 Å². The molecule has 0 saturated heterocycles. The van der Waals surface area contributed by atoms with Gasteiger partial charge in [0.2, 0.25) is 5.91 Å². The second kappa shape index (κ2) is 7.22. The molecule has 114 valence electrons. The Kier molecular flexibility index (Phi) is 5.33. The van der Waals surface area contributed by atoms with E-state index in [9.17, 15) is 9.59 Å². The molecule has 1 aliphatic rings.